The van der Waals surface area contributed by atoms with E-state index in [4.69, 9.17) is 0 Å². The van der Waals surface area contributed by atoms with Crippen molar-refractivity contribution >= 4 is 23.4 Å². The molecule has 3 aromatic carbocycles. The summed E-state index contributed by atoms with van der Waals surface area (Å²) in [6, 6.07) is 26.8. The number of aryl methyl sites for hydroxylation is 2. The second kappa shape index (κ2) is 8.92. The Bertz CT molecular complexity index is 833. The van der Waals surface area contributed by atoms with Gasteiger partial charge in [0.1, 0.15) is 0 Å². The molecule has 0 aliphatic heterocycles. The van der Waals surface area contributed by atoms with E-state index in [1.54, 1.807) is 11.8 Å². The third-order valence-corrected chi connectivity index (χ3v) is 6.08. The lowest BCUT2D eigenvalue weighted by atomic mass is 10.0. The fourth-order valence-corrected chi connectivity index (χ4v) is 4.33. The number of hydrogen-bond acceptors (Lipinski definition) is 2. The van der Waals surface area contributed by atoms with Gasteiger partial charge in [0.05, 0.1) is 10.5 Å². The van der Waals surface area contributed by atoms with Crippen molar-refractivity contribution in [1.82, 2.24) is 0 Å². The number of anilines is 1. The Morgan fingerprint density at radius 1 is 0.778 bits per heavy atom. The SMILES string of the molecule is Cc1cccc(C)c1NC(=O)C(C)SC(c1ccccc1)c1ccccc1. The van der Waals surface area contributed by atoms with Crippen LogP contribution >= 0.6 is 11.8 Å². The van der Waals surface area contributed by atoms with E-state index in [2.05, 4.69) is 29.6 Å². The van der Waals surface area contributed by atoms with E-state index in [0.717, 1.165) is 16.8 Å². The number of carbonyl (C=O) groups is 1. The second-order valence-electron chi connectivity index (χ2n) is 6.74. The number of amides is 1. The van der Waals surface area contributed by atoms with Crippen LogP contribution in [0.1, 0.15) is 34.4 Å². The quantitative estimate of drug-likeness (QED) is 0.559. The van der Waals surface area contributed by atoms with Crippen LogP contribution < -0.4 is 5.32 Å². The van der Waals surface area contributed by atoms with E-state index in [0.29, 0.717) is 0 Å². The van der Waals surface area contributed by atoms with Gasteiger partial charge >= 0.3 is 0 Å². The van der Waals surface area contributed by atoms with Gasteiger partial charge in [0.25, 0.3) is 0 Å². The van der Waals surface area contributed by atoms with Crippen LogP contribution in [0.2, 0.25) is 0 Å². The lowest BCUT2D eigenvalue weighted by Gasteiger charge is -2.22. The summed E-state index contributed by atoms with van der Waals surface area (Å²) < 4.78 is 0. The Morgan fingerprint density at radius 2 is 1.26 bits per heavy atom. The van der Waals surface area contributed by atoms with Crippen molar-refractivity contribution < 1.29 is 4.79 Å². The summed E-state index contributed by atoms with van der Waals surface area (Å²) in [6.07, 6.45) is 0. The minimum Gasteiger partial charge on any atom is -0.325 e. The highest BCUT2D eigenvalue weighted by molar-refractivity contribution is 8.01. The van der Waals surface area contributed by atoms with Crippen LogP contribution in [-0.2, 0) is 4.79 Å². The first-order valence-corrected chi connectivity index (χ1v) is 10.1. The monoisotopic (exact) mass is 375 g/mol. The van der Waals surface area contributed by atoms with Gasteiger partial charge in [-0.1, -0.05) is 78.9 Å². The second-order valence-corrected chi connectivity index (χ2v) is 8.19. The first-order valence-electron chi connectivity index (χ1n) is 9.18. The van der Waals surface area contributed by atoms with Crippen LogP contribution in [0, 0.1) is 13.8 Å². The Balaban J connectivity index is 1.80. The summed E-state index contributed by atoms with van der Waals surface area (Å²) in [5.41, 5.74) is 5.51. The van der Waals surface area contributed by atoms with Crippen LogP contribution in [-0.4, -0.2) is 11.2 Å². The van der Waals surface area contributed by atoms with Crippen LogP contribution in [0.4, 0.5) is 5.69 Å². The topological polar surface area (TPSA) is 29.1 Å². The molecule has 0 aliphatic carbocycles. The summed E-state index contributed by atoms with van der Waals surface area (Å²) >= 11 is 1.68. The molecule has 0 spiro atoms. The van der Waals surface area contributed by atoms with E-state index in [9.17, 15) is 4.79 Å². The zero-order valence-corrected chi connectivity index (χ0v) is 16.8. The molecular formula is C24H25NOS. The standard InChI is InChI=1S/C24H25NOS/c1-17-11-10-12-18(2)22(17)25-24(26)19(3)27-23(20-13-6-4-7-14-20)21-15-8-5-9-16-21/h4-16,19,23H,1-3H3,(H,25,26). The van der Waals surface area contributed by atoms with Gasteiger partial charge in [0.2, 0.25) is 5.91 Å². The van der Waals surface area contributed by atoms with Crippen molar-refractivity contribution in [2.45, 2.75) is 31.3 Å². The van der Waals surface area contributed by atoms with Crippen LogP contribution in [0.15, 0.2) is 78.9 Å². The highest BCUT2D eigenvalue weighted by Crippen LogP contribution is 2.38. The molecule has 0 fully saturated rings. The van der Waals surface area contributed by atoms with Crippen molar-refractivity contribution in [2.75, 3.05) is 5.32 Å². The molecule has 0 heterocycles. The number of carbonyl (C=O) groups excluding carboxylic acids is 1. The van der Waals surface area contributed by atoms with E-state index in [1.165, 1.54) is 11.1 Å². The average Bonchev–Trinajstić information content (AvgIpc) is 2.70. The molecule has 0 aromatic heterocycles. The van der Waals surface area contributed by atoms with Crippen molar-refractivity contribution in [3.8, 4) is 0 Å². The predicted octanol–water partition coefficient (Wildman–Crippen LogP) is 6.15. The number of hydrogen-bond donors (Lipinski definition) is 1. The minimum atomic E-state index is -0.186. The Morgan fingerprint density at radius 3 is 1.74 bits per heavy atom. The number of nitrogens with one attached hydrogen (secondary N) is 1. The first kappa shape index (κ1) is 19.2. The highest BCUT2D eigenvalue weighted by atomic mass is 32.2. The third-order valence-electron chi connectivity index (χ3n) is 4.64. The number of rotatable bonds is 6. The maximum Gasteiger partial charge on any atom is 0.237 e. The van der Waals surface area contributed by atoms with Crippen molar-refractivity contribution in [3.05, 3.63) is 101 Å². The molecule has 27 heavy (non-hydrogen) atoms. The smallest absolute Gasteiger partial charge is 0.237 e. The molecule has 0 radical (unpaired) electrons. The maximum atomic E-state index is 12.9. The van der Waals surface area contributed by atoms with Gasteiger partial charge in [-0.25, -0.2) is 0 Å². The summed E-state index contributed by atoms with van der Waals surface area (Å²) in [4.78, 5) is 12.9. The van der Waals surface area contributed by atoms with Crippen molar-refractivity contribution in [3.63, 3.8) is 0 Å². The minimum absolute atomic E-state index is 0.0364. The summed E-state index contributed by atoms with van der Waals surface area (Å²) in [5, 5.41) is 3.06. The zero-order chi connectivity index (χ0) is 19.2. The van der Waals surface area contributed by atoms with Gasteiger partial charge in [-0.05, 0) is 43.0 Å². The summed E-state index contributed by atoms with van der Waals surface area (Å²) in [7, 11) is 0. The van der Waals surface area contributed by atoms with Gasteiger partial charge in [0, 0.05) is 5.69 Å². The van der Waals surface area contributed by atoms with Gasteiger partial charge in [-0.2, -0.15) is 0 Å². The van der Waals surface area contributed by atoms with Crippen LogP contribution in [0.25, 0.3) is 0 Å². The van der Waals surface area contributed by atoms with E-state index in [-0.39, 0.29) is 16.4 Å². The molecule has 2 nitrogen and oxygen atoms in total. The van der Waals surface area contributed by atoms with Crippen LogP contribution in [0.5, 0.6) is 0 Å². The maximum absolute atomic E-state index is 12.9. The van der Waals surface area contributed by atoms with Gasteiger partial charge < -0.3 is 5.32 Å². The fraction of sp³-hybridized carbons (Fsp3) is 0.208. The van der Waals surface area contributed by atoms with Crippen molar-refractivity contribution in [2.24, 2.45) is 0 Å². The Hall–Kier alpha value is -2.52. The largest absolute Gasteiger partial charge is 0.325 e. The summed E-state index contributed by atoms with van der Waals surface area (Å²) in [5.74, 6) is 0.0364. The average molecular weight is 376 g/mol. The predicted molar refractivity (Wildman–Crippen MR) is 116 cm³/mol. The Labute approximate surface area is 166 Å². The van der Waals surface area contributed by atoms with E-state index >= 15 is 0 Å². The lowest BCUT2D eigenvalue weighted by Crippen LogP contribution is -2.24. The number of para-hydroxylation sites is 1. The summed E-state index contributed by atoms with van der Waals surface area (Å²) in [6.45, 7) is 6.03. The van der Waals surface area contributed by atoms with Gasteiger partial charge in [-0.15, -0.1) is 11.8 Å². The molecule has 1 atom stereocenters. The molecule has 1 N–H and O–H groups in total. The molecule has 1 unspecified atom stereocenters. The lowest BCUT2D eigenvalue weighted by molar-refractivity contribution is -0.115. The van der Waals surface area contributed by atoms with E-state index in [1.807, 2.05) is 75.4 Å². The molecule has 0 saturated heterocycles. The molecule has 0 saturated carbocycles. The van der Waals surface area contributed by atoms with Gasteiger partial charge in [0.15, 0.2) is 0 Å². The molecule has 138 valence electrons. The molecule has 0 bridgehead atoms. The molecule has 1 amide bonds. The number of benzene rings is 3. The fourth-order valence-electron chi connectivity index (χ4n) is 3.11. The van der Waals surface area contributed by atoms with Gasteiger partial charge in [-0.3, -0.25) is 4.79 Å². The van der Waals surface area contributed by atoms with E-state index < -0.39 is 0 Å². The third kappa shape index (κ3) is 4.81. The van der Waals surface area contributed by atoms with Crippen molar-refractivity contribution in [1.29, 1.82) is 0 Å². The molecule has 3 heteroatoms. The molecular weight excluding hydrogens is 350 g/mol. The zero-order valence-electron chi connectivity index (χ0n) is 16.0. The molecule has 3 rings (SSSR count). The van der Waals surface area contributed by atoms with Crippen LogP contribution in [0.3, 0.4) is 0 Å². The first-order chi connectivity index (χ1) is 13.1. The highest BCUT2D eigenvalue weighted by Gasteiger charge is 2.23. The Kier molecular flexibility index (Phi) is 6.36. The normalized spacial score (nSPS) is 12.0. The molecule has 0 aliphatic rings. The molecule has 3 aromatic rings. The number of thioether (sulfide) groups is 1.